The van der Waals surface area contributed by atoms with E-state index in [-0.39, 0.29) is 6.04 Å². The van der Waals surface area contributed by atoms with Crippen molar-refractivity contribution in [2.45, 2.75) is 37.9 Å². The Hall–Kier alpha value is -1.95. The highest BCUT2D eigenvalue weighted by Crippen LogP contribution is 2.29. The highest BCUT2D eigenvalue weighted by Gasteiger charge is 2.31. The summed E-state index contributed by atoms with van der Waals surface area (Å²) in [5.74, 6) is 0.899. The van der Waals surface area contributed by atoms with E-state index in [4.69, 9.17) is 9.72 Å². The molecule has 0 spiro atoms. The standard InChI is InChI=1S/C19H29N7O/c1-24-8-9-26(15(10-20)12-24)18-16-5-6-21-11-17(16)22-19(23-18)27-13-14-4-3-7-25(14)2/h14-15,21H,3-9,11-13H2,1-2H3/t14-,15-/m0/s1. The van der Waals surface area contributed by atoms with Crippen LogP contribution >= 0.6 is 0 Å². The maximum Gasteiger partial charge on any atom is 0.318 e. The Kier molecular flexibility index (Phi) is 5.43. The second kappa shape index (κ2) is 7.97. The Balaban J connectivity index is 1.60. The van der Waals surface area contributed by atoms with E-state index in [2.05, 4.69) is 45.2 Å². The summed E-state index contributed by atoms with van der Waals surface area (Å²) < 4.78 is 6.04. The molecule has 146 valence electrons. The number of nitrogens with zero attached hydrogens (tertiary/aromatic N) is 6. The summed E-state index contributed by atoms with van der Waals surface area (Å²) in [5, 5.41) is 13.1. The highest BCUT2D eigenvalue weighted by molar-refractivity contribution is 5.53. The molecular weight excluding hydrogens is 342 g/mol. The van der Waals surface area contributed by atoms with Gasteiger partial charge in [-0.2, -0.15) is 15.2 Å². The number of aromatic nitrogens is 2. The molecule has 2 saturated heterocycles. The third-order valence-electron chi connectivity index (χ3n) is 5.98. The first-order valence-electron chi connectivity index (χ1n) is 9.94. The van der Waals surface area contributed by atoms with Crippen LogP contribution in [-0.4, -0.2) is 85.3 Å². The van der Waals surface area contributed by atoms with Gasteiger partial charge in [0.05, 0.1) is 11.8 Å². The number of nitrogens with one attached hydrogen (secondary N) is 1. The molecule has 4 rings (SSSR count). The first-order chi connectivity index (χ1) is 13.2. The quantitative estimate of drug-likeness (QED) is 0.806. The molecule has 0 radical (unpaired) electrons. The van der Waals surface area contributed by atoms with E-state index in [1.165, 1.54) is 12.0 Å². The molecule has 0 amide bonds. The summed E-state index contributed by atoms with van der Waals surface area (Å²) in [5.41, 5.74) is 2.18. The average molecular weight is 371 g/mol. The second-order valence-corrected chi connectivity index (χ2v) is 7.87. The van der Waals surface area contributed by atoms with Crippen molar-refractivity contribution in [2.75, 3.05) is 58.3 Å². The fourth-order valence-corrected chi connectivity index (χ4v) is 4.26. The van der Waals surface area contributed by atoms with Crippen molar-refractivity contribution in [2.24, 2.45) is 0 Å². The maximum atomic E-state index is 9.68. The number of hydrogen-bond donors (Lipinski definition) is 1. The van der Waals surface area contributed by atoms with Gasteiger partial charge in [0.1, 0.15) is 18.5 Å². The SMILES string of the molecule is CN1CCN(c2nc(OC[C@@H]3CCCN3C)nc3c2CCNC3)[C@@H](C#N)C1. The number of piperazine rings is 1. The lowest BCUT2D eigenvalue weighted by molar-refractivity contribution is 0.187. The molecule has 3 aliphatic heterocycles. The molecule has 2 fully saturated rings. The van der Waals surface area contributed by atoms with E-state index in [0.717, 1.165) is 63.6 Å². The normalized spacial score (nSPS) is 26.6. The average Bonchev–Trinajstić information content (AvgIpc) is 3.10. The first-order valence-corrected chi connectivity index (χ1v) is 9.94. The smallest absolute Gasteiger partial charge is 0.318 e. The predicted octanol–water partition coefficient (Wildman–Crippen LogP) is 0.239. The summed E-state index contributed by atoms with van der Waals surface area (Å²) in [6.07, 6.45) is 3.27. The van der Waals surface area contributed by atoms with E-state index in [0.29, 0.717) is 18.7 Å². The summed E-state index contributed by atoms with van der Waals surface area (Å²) in [7, 11) is 4.21. The van der Waals surface area contributed by atoms with Crippen LogP contribution in [0.4, 0.5) is 5.82 Å². The Morgan fingerprint density at radius 3 is 2.93 bits per heavy atom. The number of ether oxygens (including phenoxy) is 1. The van der Waals surface area contributed by atoms with Crippen LogP contribution in [-0.2, 0) is 13.0 Å². The third-order valence-corrected chi connectivity index (χ3v) is 5.98. The maximum absolute atomic E-state index is 9.68. The van der Waals surface area contributed by atoms with Crippen molar-refractivity contribution in [3.05, 3.63) is 11.3 Å². The molecule has 0 saturated carbocycles. The van der Waals surface area contributed by atoms with Crippen LogP contribution < -0.4 is 15.0 Å². The number of likely N-dealkylation sites (tertiary alicyclic amines) is 1. The number of hydrogen-bond acceptors (Lipinski definition) is 8. The van der Waals surface area contributed by atoms with Crippen molar-refractivity contribution in [1.29, 1.82) is 5.26 Å². The Bertz CT molecular complexity index is 719. The van der Waals surface area contributed by atoms with Gasteiger partial charge in [-0.05, 0) is 46.4 Å². The van der Waals surface area contributed by atoms with Crippen molar-refractivity contribution >= 4 is 5.82 Å². The van der Waals surface area contributed by atoms with Crippen molar-refractivity contribution in [3.63, 3.8) is 0 Å². The molecule has 8 heteroatoms. The van der Waals surface area contributed by atoms with Gasteiger partial charge in [0.15, 0.2) is 0 Å². The van der Waals surface area contributed by atoms with Gasteiger partial charge in [0.2, 0.25) is 0 Å². The molecule has 0 aliphatic carbocycles. The Morgan fingerprint density at radius 1 is 1.26 bits per heavy atom. The minimum atomic E-state index is -0.188. The van der Waals surface area contributed by atoms with Crippen molar-refractivity contribution < 1.29 is 4.74 Å². The predicted molar refractivity (Wildman–Crippen MR) is 103 cm³/mol. The number of likely N-dealkylation sites (N-methyl/N-ethyl adjacent to an activating group) is 2. The van der Waals surface area contributed by atoms with Gasteiger partial charge < -0.3 is 24.8 Å². The lowest BCUT2D eigenvalue weighted by Gasteiger charge is -2.38. The summed E-state index contributed by atoms with van der Waals surface area (Å²) >= 11 is 0. The monoisotopic (exact) mass is 371 g/mol. The lowest BCUT2D eigenvalue weighted by Crippen LogP contribution is -2.52. The van der Waals surface area contributed by atoms with E-state index in [1.54, 1.807) is 0 Å². The lowest BCUT2D eigenvalue weighted by atomic mass is 10.0. The van der Waals surface area contributed by atoms with Crippen molar-refractivity contribution in [1.82, 2.24) is 25.1 Å². The Labute approximate surface area is 161 Å². The first kappa shape index (κ1) is 18.4. The van der Waals surface area contributed by atoms with E-state index < -0.39 is 0 Å². The van der Waals surface area contributed by atoms with Crippen molar-refractivity contribution in [3.8, 4) is 12.1 Å². The Morgan fingerprint density at radius 2 is 2.15 bits per heavy atom. The van der Waals surface area contributed by atoms with Crippen LogP contribution in [0.2, 0.25) is 0 Å². The largest absolute Gasteiger partial charge is 0.462 e. The molecule has 1 N–H and O–H groups in total. The van der Waals surface area contributed by atoms with Gasteiger partial charge >= 0.3 is 6.01 Å². The molecule has 3 aliphatic rings. The van der Waals surface area contributed by atoms with Gasteiger partial charge in [-0.15, -0.1) is 0 Å². The highest BCUT2D eigenvalue weighted by atomic mass is 16.5. The molecular formula is C19H29N7O. The molecule has 2 atom stereocenters. The minimum Gasteiger partial charge on any atom is -0.462 e. The minimum absolute atomic E-state index is 0.188. The number of anilines is 1. The van der Waals surface area contributed by atoms with E-state index in [9.17, 15) is 5.26 Å². The zero-order valence-electron chi connectivity index (χ0n) is 16.3. The van der Waals surface area contributed by atoms with Gasteiger partial charge in [-0.3, -0.25) is 0 Å². The molecule has 0 unspecified atom stereocenters. The van der Waals surface area contributed by atoms with E-state index in [1.807, 2.05) is 0 Å². The third kappa shape index (κ3) is 3.86. The molecule has 0 bridgehead atoms. The molecule has 0 aromatic carbocycles. The van der Waals surface area contributed by atoms with Gasteiger partial charge in [0, 0.05) is 37.8 Å². The topological polar surface area (TPSA) is 80.6 Å². The number of fused-ring (bicyclic) bond motifs is 1. The van der Waals surface area contributed by atoms with Crippen LogP contribution in [0.15, 0.2) is 0 Å². The summed E-state index contributed by atoms with van der Waals surface area (Å²) in [6, 6.07) is 3.14. The fourth-order valence-electron chi connectivity index (χ4n) is 4.26. The van der Waals surface area contributed by atoms with Gasteiger partial charge in [-0.1, -0.05) is 0 Å². The molecule has 8 nitrogen and oxygen atoms in total. The molecule has 1 aromatic heterocycles. The van der Waals surface area contributed by atoms with Crippen LogP contribution in [0.5, 0.6) is 6.01 Å². The van der Waals surface area contributed by atoms with Crippen LogP contribution in [0.1, 0.15) is 24.1 Å². The molecule has 4 heterocycles. The van der Waals surface area contributed by atoms with Crippen LogP contribution in [0.25, 0.3) is 0 Å². The second-order valence-electron chi connectivity index (χ2n) is 7.87. The van der Waals surface area contributed by atoms with Crippen LogP contribution in [0.3, 0.4) is 0 Å². The zero-order valence-corrected chi connectivity index (χ0v) is 16.3. The van der Waals surface area contributed by atoms with Gasteiger partial charge in [-0.25, -0.2) is 0 Å². The zero-order chi connectivity index (χ0) is 18.8. The number of rotatable bonds is 4. The number of nitriles is 1. The van der Waals surface area contributed by atoms with Crippen LogP contribution in [0, 0.1) is 11.3 Å². The summed E-state index contributed by atoms with van der Waals surface area (Å²) in [4.78, 5) is 16.2. The molecule has 1 aromatic rings. The molecule has 27 heavy (non-hydrogen) atoms. The van der Waals surface area contributed by atoms with Gasteiger partial charge in [0.25, 0.3) is 0 Å². The van der Waals surface area contributed by atoms with E-state index >= 15 is 0 Å². The summed E-state index contributed by atoms with van der Waals surface area (Å²) in [6.45, 7) is 5.86. The fraction of sp³-hybridized carbons (Fsp3) is 0.737.